The Bertz CT molecular complexity index is 458. The lowest BCUT2D eigenvalue weighted by Gasteiger charge is -2.00. The molecule has 8 heteroatoms. The normalized spacial score (nSPS) is 10.3. The number of amides is 1. The van der Waals surface area contributed by atoms with Crippen molar-refractivity contribution in [1.82, 2.24) is 20.0 Å². The molecule has 0 atom stereocenters. The van der Waals surface area contributed by atoms with Crippen LogP contribution in [0.15, 0.2) is 16.7 Å². The maximum absolute atomic E-state index is 11.5. The molecule has 2 aromatic heterocycles. The van der Waals surface area contributed by atoms with Crippen LogP contribution in [-0.2, 0) is 11.3 Å². The first-order chi connectivity index (χ1) is 7.63. The lowest BCUT2D eigenvalue weighted by atomic mass is 10.6. The number of hydrogen-bond donors (Lipinski definition) is 2. The molecule has 0 aliphatic carbocycles. The second kappa shape index (κ2) is 4.01. The quantitative estimate of drug-likeness (QED) is 0.743. The zero-order valence-corrected chi connectivity index (χ0v) is 8.54. The highest BCUT2D eigenvalue weighted by atomic mass is 16.4. The minimum absolute atomic E-state index is 0.0403. The van der Waals surface area contributed by atoms with Gasteiger partial charge in [0.05, 0.1) is 0 Å². The number of nitrogens with two attached hydrogens (primary N) is 1. The molecule has 8 nitrogen and oxygen atoms in total. The van der Waals surface area contributed by atoms with Crippen molar-refractivity contribution in [2.75, 3.05) is 11.1 Å². The van der Waals surface area contributed by atoms with Gasteiger partial charge in [0.1, 0.15) is 12.4 Å². The highest BCUT2D eigenvalue weighted by Crippen LogP contribution is 2.04. The molecule has 0 aliphatic rings. The van der Waals surface area contributed by atoms with Gasteiger partial charge >= 0.3 is 6.01 Å². The van der Waals surface area contributed by atoms with E-state index in [1.807, 2.05) is 0 Å². The van der Waals surface area contributed by atoms with Crippen LogP contribution in [-0.4, -0.2) is 25.9 Å². The molecule has 1 amide bonds. The van der Waals surface area contributed by atoms with Crippen LogP contribution in [0.3, 0.4) is 0 Å². The third-order valence-electron chi connectivity index (χ3n) is 1.74. The van der Waals surface area contributed by atoms with Gasteiger partial charge in [0.25, 0.3) is 0 Å². The summed E-state index contributed by atoms with van der Waals surface area (Å²) >= 11 is 0. The summed E-state index contributed by atoms with van der Waals surface area (Å²) in [6.07, 6.45) is 1.61. The predicted octanol–water partition coefficient (Wildman–Crippen LogP) is -0.205. The summed E-state index contributed by atoms with van der Waals surface area (Å²) in [4.78, 5) is 11.5. The lowest BCUT2D eigenvalue weighted by Crippen LogP contribution is -2.19. The average molecular weight is 222 g/mol. The molecule has 0 saturated carbocycles. The van der Waals surface area contributed by atoms with Gasteiger partial charge in [0, 0.05) is 13.1 Å². The number of carbonyl (C=O) groups is 1. The summed E-state index contributed by atoms with van der Waals surface area (Å²) in [5.74, 6) is 0.437. The Balaban J connectivity index is 1.94. The van der Waals surface area contributed by atoms with E-state index in [0.29, 0.717) is 11.7 Å². The zero-order chi connectivity index (χ0) is 11.5. The molecule has 0 radical (unpaired) electrons. The van der Waals surface area contributed by atoms with E-state index in [4.69, 9.17) is 10.2 Å². The maximum Gasteiger partial charge on any atom is 0.322 e. The summed E-state index contributed by atoms with van der Waals surface area (Å²) < 4.78 is 6.40. The SMILES string of the molecule is Cc1nnc(NC(=O)Cn2ccc(N)n2)o1. The van der Waals surface area contributed by atoms with Crippen LogP contribution in [0.25, 0.3) is 0 Å². The molecule has 2 heterocycles. The van der Waals surface area contributed by atoms with Gasteiger partial charge in [-0.15, -0.1) is 5.10 Å². The van der Waals surface area contributed by atoms with Crippen molar-refractivity contribution in [3.8, 4) is 0 Å². The first-order valence-electron chi connectivity index (χ1n) is 4.52. The van der Waals surface area contributed by atoms with E-state index in [1.54, 1.807) is 19.2 Å². The third kappa shape index (κ3) is 2.35. The number of nitrogen functional groups attached to an aromatic ring is 1. The van der Waals surface area contributed by atoms with Crippen LogP contribution in [0.4, 0.5) is 11.8 Å². The van der Waals surface area contributed by atoms with Crippen LogP contribution in [0.2, 0.25) is 0 Å². The van der Waals surface area contributed by atoms with Crippen LogP contribution in [0.5, 0.6) is 0 Å². The van der Waals surface area contributed by atoms with Gasteiger partial charge in [-0.05, 0) is 6.07 Å². The van der Waals surface area contributed by atoms with E-state index in [2.05, 4.69) is 20.6 Å². The summed E-state index contributed by atoms with van der Waals surface area (Å²) in [5, 5.41) is 13.5. The van der Waals surface area contributed by atoms with Crippen molar-refractivity contribution >= 4 is 17.7 Å². The topological polar surface area (TPSA) is 112 Å². The largest absolute Gasteiger partial charge is 0.408 e. The smallest absolute Gasteiger partial charge is 0.322 e. The van der Waals surface area contributed by atoms with E-state index in [9.17, 15) is 4.79 Å². The van der Waals surface area contributed by atoms with Gasteiger partial charge in [0.15, 0.2) is 0 Å². The van der Waals surface area contributed by atoms with Crippen molar-refractivity contribution in [2.45, 2.75) is 13.5 Å². The summed E-state index contributed by atoms with van der Waals surface area (Å²) in [7, 11) is 0. The predicted molar refractivity (Wildman–Crippen MR) is 54.3 cm³/mol. The molecular formula is C8H10N6O2. The number of nitrogens with zero attached hydrogens (tertiary/aromatic N) is 4. The number of carbonyl (C=O) groups excluding carboxylic acids is 1. The molecule has 3 N–H and O–H groups in total. The van der Waals surface area contributed by atoms with Crippen molar-refractivity contribution in [2.24, 2.45) is 0 Å². The summed E-state index contributed by atoms with van der Waals surface area (Å²) in [6.45, 7) is 1.68. The number of hydrogen-bond acceptors (Lipinski definition) is 6. The Morgan fingerprint density at radius 2 is 2.44 bits per heavy atom. The zero-order valence-electron chi connectivity index (χ0n) is 8.54. The molecule has 0 spiro atoms. The summed E-state index contributed by atoms with van der Waals surface area (Å²) in [6, 6.07) is 1.67. The van der Waals surface area contributed by atoms with Crippen molar-refractivity contribution in [3.63, 3.8) is 0 Å². The van der Waals surface area contributed by atoms with Gasteiger partial charge in [-0.1, -0.05) is 5.10 Å². The molecule has 0 unspecified atom stereocenters. The lowest BCUT2D eigenvalue weighted by molar-refractivity contribution is -0.117. The molecule has 2 rings (SSSR count). The van der Waals surface area contributed by atoms with Gasteiger partial charge in [-0.25, -0.2) is 0 Å². The number of nitrogens with one attached hydrogen (secondary N) is 1. The first kappa shape index (κ1) is 10.1. The highest BCUT2D eigenvalue weighted by molar-refractivity contribution is 5.88. The fraction of sp³-hybridized carbons (Fsp3) is 0.250. The second-order valence-electron chi connectivity index (χ2n) is 3.11. The van der Waals surface area contributed by atoms with E-state index in [1.165, 1.54) is 4.68 Å². The van der Waals surface area contributed by atoms with Crippen molar-refractivity contribution in [3.05, 3.63) is 18.2 Å². The van der Waals surface area contributed by atoms with Crippen LogP contribution in [0.1, 0.15) is 5.89 Å². The number of anilines is 2. The van der Waals surface area contributed by atoms with Crippen LogP contribution < -0.4 is 11.1 Å². The molecular weight excluding hydrogens is 212 g/mol. The fourth-order valence-corrected chi connectivity index (χ4v) is 1.12. The molecule has 0 saturated heterocycles. The minimum atomic E-state index is -0.313. The standard InChI is InChI=1S/C8H10N6O2/c1-5-11-12-8(16-5)10-7(15)4-14-3-2-6(9)13-14/h2-3H,4H2,1H3,(H2,9,13)(H,10,12,15). The van der Waals surface area contributed by atoms with Crippen LogP contribution >= 0.6 is 0 Å². The average Bonchev–Trinajstić information content (AvgIpc) is 2.76. The van der Waals surface area contributed by atoms with E-state index in [-0.39, 0.29) is 18.5 Å². The van der Waals surface area contributed by atoms with Gasteiger partial charge in [-0.2, -0.15) is 5.10 Å². The Morgan fingerprint density at radius 3 is 3.00 bits per heavy atom. The Kier molecular flexibility index (Phi) is 2.54. The highest BCUT2D eigenvalue weighted by Gasteiger charge is 2.08. The number of aryl methyl sites for hydroxylation is 1. The maximum atomic E-state index is 11.5. The van der Waals surface area contributed by atoms with Crippen LogP contribution in [0, 0.1) is 6.92 Å². The Morgan fingerprint density at radius 1 is 1.62 bits per heavy atom. The van der Waals surface area contributed by atoms with Gasteiger partial charge in [0.2, 0.25) is 11.8 Å². The number of rotatable bonds is 3. The van der Waals surface area contributed by atoms with Crippen molar-refractivity contribution < 1.29 is 9.21 Å². The molecule has 0 bridgehead atoms. The monoisotopic (exact) mass is 222 g/mol. The van der Waals surface area contributed by atoms with Crippen molar-refractivity contribution in [1.29, 1.82) is 0 Å². The van der Waals surface area contributed by atoms with E-state index < -0.39 is 0 Å². The molecule has 2 aromatic rings. The molecule has 0 aromatic carbocycles. The van der Waals surface area contributed by atoms with Gasteiger partial charge < -0.3 is 10.2 Å². The number of aromatic nitrogens is 4. The first-order valence-corrected chi connectivity index (χ1v) is 4.52. The van der Waals surface area contributed by atoms with E-state index in [0.717, 1.165) is 0 Å². The second-order valence-corrected chi connectivity index (χ2v) is 3.11. The molecule has 16 heavy (non-hydrogen) atoms. The van der Waals surface area contributed by atoms with E-state index >= 15 is 0 Å². The molecule has 0 aliphatic heterocycles. The third-order valence-corrected chi connectivity index (χ3v) is 1.74. The molecule has 84 valence electrons. The fourth-order valence-electron chi connectivity index (χ4n) is 1.12. The minimum Gasteiger partial charge on any atom is -0.408 e. The molecule has 0 fully saturated rings. The Labute approximate surface area is 90.4 Å². The summed E-state index contributed by atoms with van der Waals surface area (Å²) in [5.41, 5.74) is 5.41. The Hall–Kier alpha value is -2.38. The van der Waals surface area contributed by atoms with Gasteiger partial charge in [-0.3, -0.25) is 14.8 Å².